The minimum atomic E-state index is -0.535. The number of benzene rings is 2. The summed E-state index contributed by atoms with van der Waals surface area (Å²) in [5, 5.41) is 2.98. The molecule has 2 rings (SSSR count). The van der Waals surface area contributed by atoms with E-state index >= 15 is 0 Å². The molecule has 0 spiro atoms. The molecular formula is C26H36N2O3. The maximum atomic E-state index is 13.2. The Kier molecular flexibility index (Phi) is 9.57. The molecule has 2 aromatic carbocycles. The predicted molar refractivity (Wildman–Crippen MR) is 125 cm³/mol. The van der Waals surface area contributed by atoms with Gasteiger partial charge < -0.3 is 15.0 Å². The van der Waals surface area contributed by atoms with Gasteiger partial charge in [0.1, 0.15) is 11.8 Å². The summed E-state index contributed by atoms with van der Waals surface area (Å²) in [4.78, 5) is 27.8. The highest BCUT2D eigenvalue weighted by atomic mass is 16.5. The minimum Gasteiger partial charge on any atom is -0.484 e. The molecule has 1 unspecified atom stereocenters. The van der Waals surface area contributed by atoms with Gasteiger partial charge in [-0.2, -0.15) is 0 Å². The standard InChI is InChI=1S/C26H36N2O3/c1-6-8-12-27-26(30)24(7-2)28(17-22-11-9-10-19(3)14-22)25(29)18-31-23-15-20(4)13-21(5)16-23/h9-11,13-16,24H,6-8,12,17-18H2,1-5H3,(H,27,30). The second kappa shape index (κ2) is 12.1. The van der Waals surface area contributed by atoms with Crippen LogP contribution < -0.4 is 10.1 Å². The molecule has 0 bridgehead atoms. The molecule has 0 aliphatic rings. The van der Waals surface area contributed by atoms with Crippen molar-refractivity contribution in [2.75, 3.05) is 13.2 Å². The highest BCUT2D eigenvalue weighted by Gasteiger charge is 2.28. The average molecular weight is 425 g/mol. The van der Waals surface area contributed by atoms with Crippen molar-refractivity contribution in [2.24, 2.45) is 0 Å². The van der Waals surface area contributed by atoms with E-state index in [0.717, 1.165) is 35.1 Å². The van der Waals surface area contributed by atoms with Gasteiger partial charge in [0.15, 0.2) is 6.61 Å². The van der Waals surface area contributed by atoms with Crippen LogP contribution in [0.2, 0.25) is 0 Å². The Balaban J connectivity index is 2.19. The summed E-state index contributed by atoms with van der Waals surface area (Å²) < 4.78 is 5.82. The summed E-state index contributed by atoms with van der Waals surface area (Å²) in [6.07, 6.45) is 2.47. The summed E-state index contributed by atoms with van der Waals surface area (Å²) in [6.45, 7) is 10.9. The maximum Gasteiger partial charge on any atom is 0.261 e. The van der Waals surface area contributed by atoms with Crippen molar-refractivity contribution in [1.29, 1.82) is 0 Å². The quantitative estimate of drug-likeness (QED) is 0.531. The fourth-order valence-electron chi connectivity index (χ4n) is 3.68. The van der Waals surface area contributed by atoms with Gasteiger partial charge in [-0.3, -0.25) is 9.59 Å². The number of amides is 2. The number of nitrogens with zero attached hydrogens (tertiary/aromatic N) is 1. The van der Waals surface area contributed by atoms with Crippen LogP contribution in [0.25, 0.3) is 0 Å². The zero-order valence-electron chi connectivity index (χ0n) is 19.5. The number of rotatable bonds is 11. The summed E-state index contributed by atoms with van der Waals surface area (Å²) >= 11 is 0. The first-order valence-corrected chi connectivity index (χ1v) is 11.2. The number of nitrogens with one attached hydrogen (secondary N) is 1. The predicted octanol–water partition coefficient (Wildman–Crippen LogP) is 4.71. The first-order chi connectivity index (χ1) is 14.8. The Morgan fingerprint density at radius 1 is 1.00 bits per heavy atom. The monoisotopic (exact) mass is 424 g/mol. The van der Waals surface area contributed by atoms with Crippen molar-refractivity contribution in [3.63, 3.8) is 0 Å². The van der Waals surface area contributed by atoms with E-state index in [1.165, 1.54) is 0 Å². The molecule has 168 valence electrons. The van der Waals surface area contributed by atoms with Crippen LogP contribution in [0, 0.1) is 20.8 Å². The van der Waals surface area contributed by atoms with Crippen LogP contribution in [0.3, 0.4) is 0 Å². The third-order valence-corrected chi connectivity index (χ3v) is 5.21. The van der Waals surface area contributed by atoms with E-state index in [0.29, 0.717) is 25.3 Å². The molecule has 0 heterocycles. The molecule has 1 N–H and O–H groups in total. The van der Waals surface area contributed by atoms with Gasteiger partial charge in [0.25, 0.3) is 5.91 Å². The van der Waals surface area contributed by atoms with E-state index in [2.05, 4.69) is 18.3 Å². The van der Waals surface area contributed by atoms with Gasteiger partial charge in [0.05, 0.1) is 0 Å². The number of hydrogen-bond donors (Lipinski definition) is 1. The molecular weight excluding hydrogens is 388 g/mol. The van der Waals surface area contributed by atoms with Crippen LogP contribution in [0.5, 0.6) is 5.75 Å². The average Bonchev–Trinajstić information content (AvgIpc) is 2.71. The molecule has 0 aliphatic heterocycles. The van der Waals surface area contributed by atoms with Gasteiger partial charge in [0, 0.05) is 13.1 Å². The molecule has 5 heteroatoms. The van der Waals surface area contributed by atoms with Crippen LogP contribution in [-0.4, -0.2) is 35.9 Å². The molecule has 0 saturated carbocycles. The van der Waals surface area contributed by atoms with Crippen LogP contribution in [0.1, 0.15) is 55.4 Å². The smallest absolute Gasteiger partial charge is 0.261 e. The summed E-state index contributed by atoms with van der Waals surface area (Å²) in [5.41, 5.74) is 4.29. The molecule has 5 nitrogen and oxygen atoms in total. The molecule has 31 heavy (non-hydrogen) atoms. The summed E-state index contributed by atoms with van der Waals surface area (Å²) in [6, 6.07) is 13.4. The van der Waals surface area contributed by atoms with Gasteiger partial charge in [-0.25, -0.2) is 0 Å². The normalized spacial score (nSPS) is 11.6. The van der Waals surface area contributed by atoms with E-state index in [9.17, 15) is 9.59 Å². The maximum absolute atomic E-state index is 13.2. The van der Waals surface area contributed by atoms with Crippen LogP contribution in [-0.2, 0) is 16.1 Å². The number of carbonyl (C=O) groups excluding carboxylic acids is 2. The largest absolute Gasteiger partial charge is 0.484 e. The second-order valence-electron chi connectivity index (χ2n) is 8.19. The number of ether oxygens (including phenoxy) is 1. The van der Waals surface area contributed by atoms with Gasteiger partial charge in [0.2, 0.25) is 5.91 Å². The fourth-order valence-corrected chi connectivity index (χ4v) is 3.68. The molecule has 0 saturated heterocycles. The van der Waals surface area contributed by atoms with Crippen molar-refractivity contribution < 1.29 is 14.3 Å². The SMILES string of the molecule is CCCCNC(=O)C(CC)N(Cc1cccc(C)c1)C(=O)COc1cc(C)cc(C)c1. The second-order valence-corrected chi connectivity index (χ2v) is 8.19. The highest BCUT2D eigenvalue weighted by molar-refractivity contribution is 5.88. The number of hydrogen-bond acceptors (Lipinski definition) is 3. The Hall–Kier alpha value is -2.82. The minimum absolute atomic E-state index is 0.104. The fraction of sp³-hybridized carbons (Fsp3) is 0.462. The van der Waals surface area contributed by atoms with E-state index in [-0.39, 0.29) is 18.4 Å². The van der Waals surface area contributed by atoms with Gasteiger partial charge >= 0.3 is 0 Å². The number of aryl methyl sites for hydroxylation is 3. The van der Waals surface area contributed by atoms with Crippen LogP contribution in [0.4, 0.5) is 0 Å². The Morgan fingerprint density at radius 2 is 1.71 bits per heavy atom. The van der Waals surface area contributed by atoms with E-state index < -0.39 is 6.04 Å². The zero-order valence-corrected chi connectivity index (χ0v) is 19.5. The number of unbranched alkanes of at least 4 members (excludes halogenated alkanes) is 1. The lowest BCUT2D eigenvalue weighted by Gasteiger charge is -2.30. The first-order valence-electron chi connectivity index (χ1n) is 11.2. The lowest BCUT2D eigenvalue weighted by atomic mass is 10.1. The topological polar surface area (TPSA) is 58.6 Å². The summed E-state index contributed by atoms with van der Waals surface area (Å²) in [7, 11) is 0. The molecule has 2 amide bonds. The van der Waals surface area contributed by atoms with Gasteiger partial charge in [-0.1, -0.05) is 56.2 Å². The number of carbonyl (C=O) groups is 2. The lowest BCUT2D eigenvalue weighted by molar-refractivity contribution is -0.143. The van der Waals surface area contributed by atoms with Crippen molar-refractivity contribution in [3.8, 4) is 5.75 Å². The first kappa shape index (κ1) is 24.4. The van der Waals surface area contributed by atoms with Crippen molar-refractivity contribution in [1.82, 2.24) is 10.2 Å². The Labute approximate surface area is 186 Å². The highest BCUT2D eigenvalue weighted by Crippen LogP contribution is 2.18. The molecule has 1 atom stereocenters. The third-order valence-electron chi connectivity index (χ3n) is 5.21. The van der Waals surface area contributed by atoms with Crippen LogP contribution >= 0.6 is 0 Å². The third kappa shape index (κ3) is 7.74. The summed E-state index contributed by atoms with van der Waals surface area (Å²) in [5.74, 6) is 0.364. The molecule has 0 aliphatic carbocycles. The molecule has 0 radical (unpaired) electrons. The molecule has 2 aromatic rings. The zero-order chi connectivity index (χ0) is 22.8. The van der Waals surface area contributed by atoms with Gasteiger partial charge in [-0.05, 0) is 62.4 Å². The molecule has 0 aromatic heterocycles. The van der Waals surface area contributed by atoms with Crippen molar-refractivity contribution >= 4 is 11.8 Å². The van der Waals surface area contributed by atoms with E-state index in [1.807, 2.05) is 64.1 Å². The van der Waals surface area contributed by atoms with Crippen molar-refractivity contribution in [3.05, 3.63) is 64.7 Å². The van der Waals surface area contributed by atoms with Crippen molar-refractivity contribution in [2.45, 2.75) is 66.5 Å². The van der Waals surface area contributed by atoms with E-state index in [4.69, 9.17) is 4.74 Å². The Morgan fingerprint density at radius 3 is 2.32 bits per heavy atom. The van der Waals surface area contributed by atoms with Gasteiger partial charge in [-0.15, -0.1) is 0 Å². The van der Waals surface area contributed by atoms with E-state index in [1.54, 1.807) is 4.90 Å². The molecule has 0 fully saturated rings. The Bertz CT molecular complexity index is 858. The van der Waals surface area contributed by atoms with Crippen LogP contribution in [0.15, 0.2) is 42.5 Å². The lowest BCUT2D eigenvalue weighted by Crippen LogP contribution is -2.50.